The van der Waals surface area contributed by atoms with Crippen LogP contribution < -0.4 is 15.4 Å². The fourth-order valence-electron chi connectivity index (χ4n) is 3.31. The minimum atomic E-state index is -3.60. The summed E-state index contributed by atoms with van der Waals surface area (Å²) in [6.45, 7) is 4.81. The van der Waals surface area contributed by atoms with Crippen LogP contribution in [0, 0.1) is 5.92 Å². The number of hydrogen-bond donors (Lipinski definition) is 3. The van der Waals surface area contributed by atoms with Crippen LogP contribution in [0.5, 0.6) is 0 Å². The minimum Gasteiger partial charge on any atom is -0.377 e. The van der Waals surface area contributed by atoms with Gasteiger partial charge in [-0.15, -0.1) is 12.4 Å². The van der Waals surface area contributed by atoms with Crippen molar-refractivity contribution in [3.05, 3.63) is 29.8 Å². The molecule has 152 valence electrons. The summed E-state index contributed by atoms with van der Waals surface area (Å²) in [5.41, 5.74) is 0.459. The largest absolute Gasteiger partial charge is 0.377 e. The van der Waals surface area contributed by atoms with E-state index in [2.05, 4.69) is 22.3 Å². The van der Waals surface area contributed by atoms with Gasteiger partial charge in [0.2, 0.25) is 10.0 Å². The molecule has 1 amide bonds. The lowest BCUT2D eigenvalue weighted by Gasteiger charge is -2.30. The van der Waals surface area contributed by atoms with Crippen molar-refractivity contribution in [1.29, 1.82) is 0 Å². The van der Waals surface area contributed by atoms with Crippen molar-refractivity contribution in [3.8, 4) is 0 Å². The van der Waals surface area contributed by atoms with E-state index in [1.165, 1.54) is 12.1 Å². The lowest BCUT2D eigenvalue weighted by Crippen LogP contribution is -2.50. The standard InChI is InChI=1S/C18H27N3O4S.ClH/c1-13-8-9-19-12-17(13)21-18(22)14-4-6-16(7-5-14)26(23,24)20-11-15-3-2-10-25-15;/h4-7,13,15,17,19-20H,2-3,8-12H2,1H3,(H,21,22);1H. The molecule has 27 heavy (non-hydrogen) atoms. The van der Waals surface area contributed by atoms with E-state index >= 15 is 0 Å². The number of benzene rings is 1. The molecule has 2 fully saturated rings. The molecular weight excluding hydrogens is 390 g/mol. The van der Waals surface area contributed by atoms with Crippen LogP contribution >= 0.6 is 12.4 Å². The zero-order valence-corrected chi connectivity index (χ0v) is 17.1. The Morgan fingerprint density at radius 1 is 1.26 bits per heavy atom. The van der Waals surface area contributed by atoms with Crippen LogP contribution in [0.4, 0.5) is 0 Å². The molecule has 0 saturated carbocycles. The molecule has 0 aromatic heterocycles. The summed E-state index contributed by atoms with van der Waals surface area (Å²) in [6, 6.07) is 6.13. The number of piperidine rings is 1. The number of hydrogen-bond acceptors (Lipinski definition) is 5. The van der Waals surface area contributed by atoms with E-state index in [9.17, 15) is 13.2 Å². The van der Waals surface area contributed by atoms with E-state index in [-0.39, 0.29) is 41.9 Å². The van der Waals surface area contributed by atoms with Crippen LogP contribution in [0.1, 0.15) is 36.5 Å². The van der Waals surface area contributed by atoms with E-state index < -0.39 is 10.0 Å². The van der Waals surface area contributed by atoms with Gasteiger partial charge >= 0.3 is 0 Å². The van der Waals surface area contributed by atoms with E-state index in [4.69, 9.17) is 4.74 Å². The molecule has 3 atom stereocenters. The van der Waals surface area contributed by atoms with E-state index in [0.717, 1.165) is 32.4 Å². The molecule has 3 unspecified atom stereocenters. The second kappa shape index (κ2) is 9.84. The second-order valence-electron chi connectivity index (χ2n) is 7.06. The van der Waals surface area contributed by atoms with Crippen LogP contribution in [0.2, 0.25) is 0 Å². The van der Waals surface area contributed by atoms with Crippen molar-refractivity contribution in [2.45, 2.75) is 43.2 Å². The Hall–Kier alpha value is -1.19. The molecule has 2 heterocycles. The van der Waals surface area contributed by atoms with Gasteiger partial charge in [-0.25, -0.2) is 13.1 Å². The van der Waals surface area contributed by atoms with Crippen LogP contribution in [-0.4, -0.2) is 52.7 Å². The summed E-state index contributed by atoms with van der Waals surface area (Å²) in [7, 11) is -3.60. The van der Waals surface area contributed by atoms with Crippen molar-refractivity contribution >= 4 is 28.3 Å². The van der Waals surface area contributed by atoms with Gasteiger partial charge in [-0.3, -0.25) is 4.79 Å². The van der Waals surface area contributed by atoms with Gasteiger partial charge in [0.25, 0.3) is 5.91 Å². The van der Waals surface area contributed by atoms with Crippen molar-refractivity contribution in [2.24, 2.45) is 5.92 Å². The van der Waals surface area contributed by atoms with Crippen LogP contribution in [-0.2, 0) is 14.8 Å². The fraction of sp³-hybridized carbons (Fsp3) is 0.611. The van der Waals surface area contributed by atoms with Crippen LogP contribution in [0.25, 0.3) is 0 Å². The Balaban J connectivity index is 0.00000261. The number of amides is 1. The summed E-state index contributed by atoms with van der Waals surface area (Å²) < 4.78 is 32.7. The zero-order valence-electron chi connectivity index (χ0n) is 15.4. The first kappa shape index (κ1) is 22.1. The van der Waals surface area contributed by atoms with Crippen molar-refractivity contribution in [2.75, 3.05) is 26.2 Å². The van der Waals surface area contributed by atoms with E-state index in [1.807, 2.05) is 0 Å². The normalized spacial score (nSPS) is 25.6. The lowest BCUT2D eigenvalue weighted by molar-refractivity contribution is 0.0915. The molecule has 7 nitrogen and oxygen atoms in total. The Bertz CT molecular complexity index is 721. The van der Waals surface area contributed by atoms with Crippen molar-refractivity contribution in [1.82, 2.24) is 15.4 Å². The molecule has 1 aromatic carbocycles. The first-order valence-electron chi connectivity index (χ1n) is 9.18. The predicted molar refractivity (Wildman–Crippen MR) is 106 cm³/mol. The maximum absolute atomic E-state index is 12.4. The number of nitrogens with one attached hydrogen (secondary N) is 3. The monoisotopic (exact) mass is 417 g/mol. The molecule has 3 rings (SSSR count). The molecule has 0 spiro atoms. The third-order valence-electron chi connectivity index (χ3n) is 5.10. The van der Waals surface area contributed by atoms with Gasteiger partial charge in [-0.05, 0) is 56.0 Å². The number of sulfonamides is 1. The zero-order chi connectivity index (χ0) is 18.6. The third kappa shape index (κ3) is 5.89. The van der Waals surface area contributed by atoms with Gasteiger partial charge < -0.3 is 15.4 Å². The van der Waals surface area contributed by atoms with Gasteiger partial charge in [-0.2, -0.15) is 0 Å². The molecule has 0 radical (unpaired) electrons. The number of ether oxygens (including phenoxy) is 1. The average molecular weight is 418 g/mol. The third-order valence-corrected chi connectivity index (χ3v) is 6.54. The second-order valence-corrected chi connectivity index (χ2v) is 8.83. The molecule has 0 bridgehead atoms. The van der Waals surface area contributed by atoms with Gasteiger partial charge in [0.15, 0.2) is 0 Å². The van der Waals surface area contributed by atoms with E-state index in [1.54, 1.807) is 12.1 Å². The molecule has 2 saturated heterocycles. The van der Waals surface area contributed by atoms with Crippen LogP contribution in [0.15, 0.2) is 29.2 Å². The van der Waals surface area contributed by atoms with Gasteiger partial charge in [-0.1, -0.05) is 6.92 Å². The van der Waals surface area contributed by atoms with Gasteiger partial charge in [0, 0.05) is 31.3 Å². The first-order valence-corrected chi connectivity index (χ1v) is 10.7. The highest BCUT2D eigenvalue weighted by Crippen LogP contribution is 2.15. The number of rotatable bonds is 6. The number of carbonyl (C=O) groups is 1. The molecular formula is C18H28ClN3O4S. The maximum Gasteiger partial charge on any atom is 0.251 e. The molecule has 3 N–H and O–H groups in total. The highest BCUT2D eigenvalue weighted by atomic mass is 35.5. The predicted octanol–water partition coefficient (Wildman–Crippen LogP) is 1.29. The number of carbonyl (C=O) groups excluding carboxylic acids is 1. The Labute approximate surface area is 167 Å². The molecule has 2 aliphatic heterocycles. The smallest absolute Gasteiger partial charge is 0.251 e. The Kier molecular flexibility index (Phi) is 8.05. The highest BCUT2D eigenvalue weighted by Gasteiger charge is 2.24. The first-order chi connectivity index (χ1) is 12.5. The highest BCUT2D eigenvalue weighted by molar-refractivity contribution is 7.89. The SMILES string of the molecule is CC1CCNCC1NC(=O)c1ccc(S(=O)(=O)NCC2CCCO2)cc1.Cl. The molecule has 2 aliphatic rings. The van der Waals surface area contributed by atoms with Gasteiger partial charge in [0.1, 0.15) is 0 Å². The fourth-order valence-corrected chi connectivity index (χ4v) is 4.38. The quantitative estimate of drug-likeness (QED) is 0.648. The summed E-state index contributed by atoms with van der Waals surface area (Å²) in [6.07, 6.45) is 2.81. The summed E-state index contributed by atoms with van der Waals surface area (Å²) in [5, 5.41) is 6.30. The average Bonchev–Trinajstić information content (AvgIpc) is 3.16. The lowest BCUT2D eigenvalue weighted by atomic mass is 9.94. The van der Waals surface area contributed by atoms with E-state index in [0.29, 0.717) is 18.1 Å². The summed E-state index contributed by atoms with van der Waals surface area (Å²) in [5.74, 6) is 0.240. The van der Waals surface area contributed by atoms with Crippen molar-refractivity contribution < 1.29 is 17.9 Å². The maximum atomic E-state index is 12.4. The Morgan fingerprint density at radius 2 is 2.00 bits per heavy atom. The van der Waals surface area contributed by atoms with Gasteiger partial charge in [0.05, 0.1) is 11.0 Å². The summed E-state index contributed by atoms with van der Waals surface area (Å²) in [4.78, 5) is 12.6. The molecule has 1 aromatic rings. The molecule has 9 heteroatoms. The Morgan fingerprint density at radius 3 is 2.63 bits per heavy atom. The summed E-state index contributed by atoms with van der Waals surface area (Å²) >= 11 is 0. The van der Waals surface area contributed by atoms with Crippen LogP contribution in [0.3, 0.4) is 0 Å². The molecule has 0 aliphatic carbocycles. The number of halogens is 1. The minimum absolute atomic E-state index is 0. The van der Waals surface area contributed by atoms with Crippen molar-refractivity contribution in [3.63, 3.8) is 0 Å². The topological polar surface area (TPSA) is 96.5 Å².